The van der Waals surface area contributed by atoms with Crippen LogP contribution in [-0.2, 0) is 52.5 Å². The van der Waals surface area contributed by atoms with Crippen LogP contribution in [0, 0.1) is 40.9 Å². The lowest BCUT2D eigenvalue weighted by molar-refractivity contribution is -0.268. The third-order valence-corrected chi connectivity index (χ3v) is 10.5. The molecule has 0 heterocycles. The fourth-order valence-electron chi connectivity index (χ4n) is 8.85. The maximum absolute atomic E-state index is 14.9. The molecule has 0 aromatic carbocycles. The standard InChI is InChI=1S/C32H46O12/c1-11-21(36)41-24-15(4)13-31(39)23(24)26(42-27(37)14(2)3)32(44-18(7)35)20(40-16(5)33)12-19-22(29(19,8)9)25(32)30(10,28(31)38)43-17(6)34/h14-15,19-20,22-26,39H,11-13H2,1-10H3/t15-,19-,20+,22-,23+,24-,25-,26+,30-,31+,32-/m0/s1. The first kappa shape index (κ1) is 33.9. The molecule has 11 atom stereocenters. The Morgan fingerprint density at radius 3 is 2.00 bits per heavy atom. The third kappa shape index (κ3) is 5.01. The largest absolute Gasteiger partial charge is 0.461 e. The molecule has 0 aliphatic heterocycles. The van der Waals surface area contributed by atoms with Gasteiger partial charge in [0.15, 0.2) is 17.3 Å². The van der Waals surface area contributed by atoms with E-state index in [1.54, 1.807) is 27.7 Å². The first-order valence-electron chi connectivity index (χ1n) is 15.4. The highest BCUT2D eigenvalue weighted by Gasteiger charge is 2.85. The normalized spacial score (nSPS) is 41.7. The number of rotatable bonds is 7. The van der Waals surface area contributed by atoms with Gasteiger partial charge >= 0.3 is 29.8 Å². The number of hydrogen-bond donors (Lipinski definition) is 1. The Morgan fingerprint density at radius 2 is 1.50 bits per heavy atom. The Morgan fingerprint density at radius 1 is 0.909 bits per heavy atom. The summed E-state index contributed by atoms with van der Waals surface area (Å²) in [5.74, 6) is -9.34. The molecular weight excluding hydrogens is 576 g/mol. The van der Waals surface area contributed by atoms with Gasteiger partial charge in [0.1, 0.15) is 17.8 Å². The number of ether oxygens (including phenoxy) is 5. The van der Waals surface area contributed by atoms with Crippen molar-refractivity contribution in [2.24, 2.45) is 40.9 Å². The topological polar surface area (TPSA) is 169 Å². The number of carbonyl (C=O) groups is 6. The van der Waals surface area contributed by atoms with Crippen molar-refractivity contribution >= 4 is 35.6 Å². The Kier molecular flexibility index (Phi) is 8.54. The van der Waals surface area contributed by atoms with Crippen LogP contribution in [0.2, 0.25) is 0 Å². The molecule has 0 saturated heterocycles. The Balaban J connectivity index is 2.17. The quantitative estimate of drug-likeness (QED) is 0.326. The molecule has 1 N–H and O–H groups in total. The smallest absolute Gasteiger partial charge is 0.308 e. The fraction of sp³-hybridized carbons (Fsp3) is 0.812. The number of hydrogen-bond acceptors (Lipinski definition) is 12. The predicted octanol–water partition coefficient (Wildman–Crippen LogP) is 2.69. The fourth-order valence-corrected chi connectivity index (χ4v) is 8.85. The average Bonchev–Trinajstić information content (AvgIpc) is 3.33. The second kappa shape index (κ2) is 11.1. The number of carbonyl (C=O) groups excluding carboxylic acids is 6. The summed E-state index contributed by atoms with van der Waals surface area (Å²) < 4.78 is 30.2. The van der Waals surface area contributed by atoms with E-state index in [0.29, 0.717) is 0 Å². The van der Waals surface area contributed by atoms with Crippen molar-refractivity contribution in [2.45, 2.75) is 124 Å². The molecule has 0 amide bonds. The summed E-state index contributed by atoms with van der Waals surface area (Å²) in [6.07, 6.45) is -4.21. The molecule has 4 saturated carbocycles. The number of esters is 5. The van der Waals surface area contributed by atoms with Crippen LogP contribution < -0.4 is 0 Å². The number of ketones is 1. The SMILES string of the molecule is CCC(=O)O[C@@H]1[C@@H]2[C@@H](OC(=O)C(C)C)[C@@]3(OC(C)=O)[C@@H]([C@@H]4[C@H](C[C@H]3OC(C)=O)C4(C)C)[C@](C)(OC(C)=O)C(=O)[C@@]2(O)C[C@@H]1C. The summed E-state index contributed by atoms with van der Waals surface area (Å²) in [7, 11) is 0. The molecule has 12 heteroatoms. The van der Waals surface area contributed by atoms with Gasteiger partial charge in [0.05, 0.1) is 17.8 Å². The molecule has 4 aliphatic carbocycles. The number of fused-ring (bicyclic) bond motifs is 4. The lowest BCUT2D eigenvalue weighted by Crippen LogP contribution is -2.71. The van der Waals surface area contributed by atoms with E-state index in [9.17, 15) is 33.9 Å². The van der Waals surface area contributed by atoms with Gasteiger partial charge in [-0.25, -0.2) is 0 Å². The molecule has 0 radical (unpaired) electrons. The van der Waals surface area contributed by atoms with Crippen molar-refractivity contribution in [3.8, 4) is 0 Å². The van der Waals surface area contributed by atoms with E-state index in [1.807, 2.05) is 13.8 Å². The van der Waals surface area contributed by atoms with E-state index < -0.39 is 106 Å². The van der Waals surface area contributed by atoms with Gasteiger partial charge in [0, 0.05) is 27.2 Å². The van der Waals surface area contributed by atoms with Crippen LogP contribution in [0.5, 0.6) is 0 Å². The zero-order valence-electron chi connectivity index (χ0n) is 27.3. The molecule has 0 aromatic rings. The summed E-state index contributed by atoms with van der Waals surface area (Å²) in [6, 6.07) is 0. The molecule has 44 heavy (non-hydrogen) atoms. The summed E-state index contributed by atoms with van der Waals surface area (Å²) in [4.78, 5) is 79.8. The van der Waals surface area contributed by atoms with Gasteiger partial charge in [0.25, 0.3) is 0 Å². The minimum Gasteiger partial charge on any atom is -0.461 e. The van der Waals surface area contributed by atoms with Crippen LogP contribution in [-0.4, -0.2) is 75.9 Å². The second-order valence-electron chi connectivity index (χ2n) is 14.2. The van der Waals surface area contributed by atoms with Gasteiger partial charge < -0.3 is 28.8 Å². The molecule has 12 nitrogen and oxygen atoms in total. The Bertz CT molecular complexity index is 1260. The Labute approximate surface area is 257 Å². The minimum atomic E-state index is -2.37. The van der Waals surface area contributed by atoms with Crippen molar-refractivity contribution in [1.82, 2.24) is 0 Å². The van der Waals surface area contributed by atoms with E-state index in [-0.39, 0.29) is 25.2 Å². The minimum absolute atomic E-state index is 0.0182. The lowest BCUT2D eigenvalue weighted by atomic mass is 9.62. The molecular formula is C32H46O12. The van der Waals surface area contributed by atoms with Gasteiger partial charge in [-0.3, -0.25) is 28.8 Å². The number of Topliss-reactive ketones (excluding diaryl/α,β-unsaturated/α-hetero) is 1. The van der Waals surface area contributed by atoms with E-state index in [0.717, 1.165) is 13.8 Å². The van der Waals surface area contributed by atoms with Crippen molar-refractivity contribution < 1.29 is 57.6 Å². The third-order valence-electron chi connectivity index (χ3n) is 10.5. The molecule has 4 fully saturated rings. The van der Waals surface area contributed by atoms with Crippen LogP contribution in [0.4, 0.5) is 0 Å². The predicted molar refractivity (Wildman–Crippen MR) is 151 cm³/mol. The molecule has 246 valence electrons. The zero-order valence-corrected chi connectivity index (χ0v) is 27.3. The first-order chi connectivity index (χ1) is 20.2. The maximum atomic E-state index is 14.9. The van der Waals surface area contributed by atoms with Crippen molar-refractivity contribution in [3.05, 3.63) is 0 Å². The van der Waals surface area contributed by atoms with Crippen molar-refractivity contribution in [3.63, 3.8) is 0 Å². The van der Waals surface area contributed by atoms with Crippen LogP contribution >= 0.6 is 0 Å². The summed E-state index contributed by atoms with van der Waals surface area (Å²) in [6.45, 7) is 15.1. The van der Waals surface area contributed by atoms with Crippen LogP contribution in [0.3, 0.4) is 0 Å². The summed E-state index contributed by atoms with van der Waals surface area (Å²) >= 11 is 0. The first-order valence-corrected chi connectivity index (χ1v) is 15.4. The average molecular weight is 623 g/mol. The number of aliphatic hydroxyl groups is 1. The monoisotopic (exact) mass is 622 g/mol. The van der Waals surface area contributed by atoms with Gasteiger partial charge in [0.2, 0.25) is 5.78 Å². The molecule has 0 spiro atoms. The van der Waals surface area contributed by atoms with Crippen LogP contribution in [0.25, 0.3) is 0 Å². The molecule has 4 rings (SSSR count). The van der Waals surface area contributed by atoms with Gasteiger partial charge in [-0.15, -0.1) is 0 Å². The Hall–Kier alpha value is -3.02. The highest BCUT2D eigenvalue weighted by atomic mass is 16.6. The van der Waals surface area contributed by atoms with E-state index >= 15 is 0 Å². The van der Waals surface area contributed by atoms with Gasteiger partial charge in [-0.05, 0) is 42.9 Å². The molecule has 0 aromatic heterocycles. The molecule has 0 unspecified atom stereocenters. The molecule has 0 bridgehead atoms. The van der Waals surface area contributed by atoms with E-state index in [4.69, 9.17) is 23.7 Å². The molecule has 4 aliphatic rings. The van der Waals surface area contributed by atoms with Crippen LogP contribution in [0.1, 0.15) is 88.5 Å². The van der Waals surface area contributed by atoms with Gasteiger partial charge in [-0.2, -0.15) is 0 Å². The zero-order chi connectivity index (χ0) is 33.3. The second-order valence-corrected chi connectivity index (χ2v) is 14.2. The summed E-state index contributed by atoms with van der Waals surface area (Å²) in [5, 5.41) is 12.6. The van der Waals surface area contributed by atoms with E-state index in [2.05, 4.69) is 0 Å². The van der Waals surface area contributed by atoms with Crippen LogP contribution in [0.15, 0.2) is 0 Å². The summed E-state index contributed by atoms with van der Waals surface area (Å²) in [5.41, 5.74) is -7.17. The lowest BCUT2D eigenvalue weighted by Gasteiger charge is -2.54. The van der Waals surface area contributed by atoms with Crippen molar-refractivity contribution in [2.75, 3.05) is 0 Å². The highest BCUT2D eigenvalue weighted by Crippen LogP contribution is 2.74. The highest BCUT2D eigenvalue weighted by molar-refractivity contribution is 5.98. The van der Waals surface area contributed by atoms with Gasteiger partial charge in [-0.1, -0.05) is 41.5 Å². The maximum Gasteiger partial charge on any atom is 0.308 e. The van der Waals surface area contributed by atoms with E-state index in [1.165, 1.54) is 13.8 Å². The van der Waals surface area contributed by atoms with Crippen molar-refractivity contribution in [1.29, 1.82) is 0 Å².